The van der Waals surface area contributed by atoms with Crippen LogP contribution in [0.3, 0.4) is 0 Å². The van der Waals surface area contributed by atoms with Crippen molar-refractivity contribution in [2.45, 2.75) is 5.41 Å². The monoisotopic (exact) mass is 389 g/mol. The summed E-state index contributed by atoms with van der Waals surface area (Å²) < 4.78 is 0. The van der Waals surface area contributed by atoms with E-state index in [-0.39, 0.29) is 0 Å². The highest BCUT2D eigenvalue weighted by molar-refractivity contribution is 6.51. The third-order valence-corrected chi connectivity index (χ3v) is 5.77. The summed E-state index contributed by atoms with van der Waals surface area (Å²) in [5, 5.41) is 2.66. The highest BCUT2D eigenvalue weighted by Crippen LogP contribution is 2.46. The molecule has 0 atom stereocenters. The predicted molar refractivity (Wildman–Crippen MR) is 118 cm³/mol. The average molecular weight is 389 g/mol. The highest BCUT2D eigenvalue weighted by Gasteiger charge is 2.40. The van der Waals surface area contributed by atoms with Gasteiger partial charge in [-0.3, -0.25) is 9.59 Å². The first-order chi connectivity index (χ1) is 14.7. The molecule has 0 saturated heterocycles. The molecule has 1 amide bonds. The Morgan fingerprint density at radius 3 is 1.47 bits per heavy atom. The fraction of sp³-hybridized carbons (Fsp3) is 0.0370. The van der Waals surface area contributed by atoms with Gasteiger partial charge in [-0.15, -0.1) is 0 Å². The normalized spacial score (nSPS) is 13.1. The van der Waals surface area contributed by atoms with Crippen LogP contribution in [0.5, 0.6) is 0 Å². The Bertz CT molecular complexity index is 1140. The summed E-state index contributed by atoms with van der Waals surface area (Å²) in [5.41, 5.74) is 4.56. The van der Waals surface area contributed by atoms with Crippen LogP contribution in [0.4, 0.5) is 5.69 Å². The Morgan fingerprint density at radius 1 is 0.533 bits per heavy atom. The van der Waals surface area contributed by atoms with Gasteiger partial charge >= 0.3 is 0 Å². The van der Waals surface area contributed by atoms with Gasteiger partial charge in [0, 0.05) is 0 Å². The molecule has 1 N–H and O–H groups in total. The molecule has 3 heteroatoms. The van der Waals surface area contributed by atoms with Crippen LogP contribution in [0.2, 0.25) is 0 Å². The standard InChI is InChI=1S/C27H19NO2/c29-25-23-18-22(16-17-24(23)28-26(25)30)27(19-10-4-1-5-11-19,20-12-6-2-7-13-20)21-14-8-3-9-15-21/h1-18H,(H,28,29,30). The lowest BCUT2D eigenvalue weighted by Crippen LogP contribution is -2.31. The Kier molecular flexibility index (Phi) is 4.29. The van der Waals surface area contributed by atoms with E-state index in [0.717, 1.165) is 22.3 Å². The lowest BCUT2D eigenvalue weighted by molar-refractivity contribution is -0.112. The van der Waals surface area contributed by atoms with Crippen molar-refractivity contribution in [2.24, 2.45) is 0 Å². The van der Waals surface area contributed by atoms with Crippen LogP contribution in [-0.2, 0) is 10.2 Å². The van der Waals surface area contributed by atoms with E-state index in [2.05, 4.69) is 41.7 Å². The van der Waals surface area contributed by atoms with Crippen LogP contribution in [0.1, 0.15) is 32.6 Å². The van der Waals surface area contributed by atoms with E-state index in [1.807, 2.05) is 72.8 Å². The number of benzene rings is 4. The molecule has 1 heterocycles. The van der Waals surface area contributed by atoms with Crippen molar-refractivity contribution in [3.05, 3.63) is 137 Å². The summed E-state index contributed by atoms with van der Waals surface area (Å²) in [4.78, 5) is 24.4. The average Bonchev–Trinajstić information content (AvgIpc) is 3.10. The molecular weight excluding hydrogens is 370 g/mol. The first kappa shape index (κ1) is 18.1. The molecule has 0 fully saturated rings. The summed E-state index contributed by atoms with van der Waals surface area (Å²) in [6, 6.07) is 36.5. The Labute approximate surface area is 175 Å². The highest BCUT2D eigenvalue weighted by atomic mass is 16.2. The number of Topliss-reactive ketones (excluding diaryl/α,β-unsaturated/α-hetero) is 1. The third kappa shape index (κ3) is 2.67. The van der Waals surface area contributed by atoms with Crippen molar-refractivity contribution in [1.82, 2.24) is 0 Å². The van der Waals surface area contributed by atoms with Crippen molar-refractivity contribution in [1.29, 1.82) is 0 Å². The Morgan fingerprint density at radius 2 is 1.00 bits per heavy atom. The molecule has 4 aromatic carbocycles. The number of nitrogens with one attached hydrogen (secondary N) is 1. The topological polar surface area (TPSA) is 46.2 Å². The maximum atomic E-state index is 12.5. The molecule has 1 aliphatic rings. The first-order valence-corrected chi connectivity index (χ1v) is 9.88. The van der Waals surface area contributed by atoms with E-state index < -0.39 is 17.1 Å². The Balaban J connectivity index is 1.89. The molecule has 1 aliphatic heterocycles. The van der Waals surface area contributed by atoms with Crippen molar-refractivity contribution < 1.29 is 9.59 Å². The molecule has 0 unspecified atom stereocenters. The lowest BCUT2D eigenvalue weighted by Gasteiger charge is -2.37. The molecular formula is C27H19NO2. The van der Waals surface area contributed by atoms with Gasteiger partial charge in [0.1, 0.15) is 0 Å². The third-order valence-electron chi connectivity index (χ3n) is 5.77. The van der Waals surface area contributed by atoms with E-state index in [4.69, 9.17) is 0 Å². The molecule has 0 saturated carbocycles. The van der Waals surface area contributed by atoms with Crippen LogP contribution in [0.15, 0.2) is 109 Å². The summed E-state index contributed by atoms with van der Waals surface area (Å²) >= 11 is 0. The van der Waals surface area contributed by atoms with E-state index in [1.165, 1.54) is 0 Å². The number of amides is 1. The lowest BCUT2D eigenvalue weighted by atomic mass is 9.65. The van der Waals surface area contributed by atoms with Gasteiger partial charge in [0.15, 0.2) is 0 Å². The van der Waals surface area contributed by atoms with Crippen LogP contribution < -0.4 is 5.32 Å². The van der Waals surface area contributed by atoms with E-state index in [9.17, 15) is 9.59 Å². The van der Waals surface area contributed by atoms with Gasteiger partial charge in [-0.1, -0.05) is 97.1 Å². The van der Waals surface area contributed by atoms with E-state index in [1.54, 1.807) is 0 Å². The van der Waals surface area contributed by atoms with Gasteiger partial charge < -0.3 is 5.32 Å². The van der Waals surface area contributed by atoms with Crippen molar-refractivity contribution in [3.63, 3.8) is 0 Å². The van der Waals surface area contributed by atoms with Gasteiger partial charge in [-0.05, 0) is 34.4 Å². The van der Waals surface area contributed by atoms with Gasteiger partial charge in [-0.25, -0.2) is 0 Å². The molecule has 0 bridgehead atoms. The summed E-state index contributed by atoms with van der Waals surface area (Å²) in [6.45, 7) is 0. The van der Waals surface area contributed by atoms with Gasteiger partial charge in [-0.2, -0.15) is 0 Å². The van der Waals surface area contributed by atoms with Gasteiger partial charge in [0.05, 0.1) is 16.7 Å². The van der Waals surface area contributed by atoms with E-state index >= 15 is 0 Å². The van der Waals surface area contributed by atoms with Gasteiger partial charge in [0.2, 0.25) is 0 Å². The smallest absolute Gasteiger partial charge is 0.296 e. The number of anilines is 1. The molecule has 0 aromatic heterocycles. The number of hydrogen-bond acceptors (Lipinski definition) is 2. The molecule has 3 nitrogen and oxygen atoms in total. The molecule has 4 aromatic rings. The van der Waals surface area contributed by atoms with Gasteiger partial charge in [0.25, 0.3) is 11.7 Å². The number of carbonyl (C=O) groups excluding carboxylic acids is 2. The minimum absolute atomic E-state index is 0.421. The fourth-order valence-electron chi connectivity index (χ4n) is 4.44. The number of fused-ring (bicyclic) bond motifs is 1. The molecule has 5 rings (SSSR count). The zero-order valence-corrected chi connectivity index (χ0v) is 16.2. The summed E-state index contributed by atoms with van der Waals surface area (Å²) in [5.74, 6) is -1.07. The van der Waals surface area contributed by atoms with Crippen LogP contribution >= 0.6 is 0 Å². The van der Waals surface area contributed by atoms with Crippen molar-refractivity contribution in [2.75, 3.05) is 5.32 Å². The van der Waals surface area contributed by atoms with Crippen LogP contribution in [0.25, 0.3) is 0 Å². The Hall–Kier alpha value is -3.98. The maximum absolute atomic E-state index is 12.5. The zero-order valence-electron chi connectivity index (χ0n) is 16.2. The fourth-order valence-corrected chi connectivity index (χ4v) is 4.44. The van der Waals surface area contributed by atoms with Crippen LogP contribution in [0, 0.1) is 0 Å². The van der Waals surface area contributed by atoms with E-state index in [0.29, 0.717) is 11.3 Å². The number of hydrogen-bond donors (Lipinski definition) is 1. The molecule has 144 valence electrons. The zero-order chi connectivity index (χ0) is 20.6. The minimum atomic E-state index is -0.634. The number of rotatable bonds is 4. The largest absolute Gasteiger partial charge is 0.318 e. The van der Waals surface area contributed by atoms with Crippen molar-refractivity contribution >= 4 is 17.4 Å². The second kappa shape index (κ2) is 7.12. The SMILES string of the molecule is O=C1Nc2ccc(C(c3ccccc3)(c3ccccc3)c3ccccc3)cc2C1=O. The molecule has 0 radical (unpaired) electrons. The van der Waals surface area contributed by atoms with Crippen LogP contribution in [-0.4, -0.2) is 11.7 Å². The quantitative estimate of drug-likeness (QED) is 0.385. The summed E-state index contributed by atoms with van der Waals surface area (Å²) in [6.07, 6.45) is 0. The second-order valence-corrected chi connectivity index (χ2v) is 7.39. The number of ketones is 1. The first-order valence-electron chi connectivity index (χ1n) is 9.88. The van der Waals surface area contributed by atoms with Crippen molar-refractivity contribution in [3.8, 4) is 0 Å². The molecule has 0 aliphatic carbocycles. The maximum Gasteiger partial charge on any atom is 0.296 e. The number of carbonyl (C=O) groups is 2. The molecule has 0 spiro atoms. The second-order valence-electron chi connectivity index (χ2n) is 7.39. The molecule has 30 heavy (non-hydrogen) atoms. The summed E-state index contributed by atoms with van der Waals surface area (Å²) in [7, 11) is 0. The predicted octanol–water partition coefficient (Wildman–Crippen LogP) is 5.20. The minimum Gasteiger partial charge on any atom is -0.318 e.